The van der Waals surface area contributed by atoms with E-state index in [4.69, 9.17) is 11.6 Å². The molecule has 0 unspecified atom stereocenters. The molecule has 1 heterocycles. The number of benzene rings is 1. The summed E-state index contributed by atoms with van der Waals surface area (Å²) in [6.45, 7) is -0.196. The maximum atomic E-state index is 13.0. The number of Topliss-reactive ketones (excluding diaryl/α,β-unsaturated/α-hetero) is 1. The molecule has 1 aromatic heterocycles. The monoisotopic (exact) mass is 265 g/mol. The topological polar surface area (TPSA) is 39.1 Å². The van der Waals surface area contributed by atoms with Crippen molar-refractivity contribution in [1.82, 2.24) is 4.57 Å². The lowest BCUT2D eigenvalue weighted by Gasteiger charge is -2.05. The van der Waals surface area contributed by atoms with E-state index in [0.717, 1.165) is 22.9 Å². The number of aromatic nitrogens is 1. The third kappa shape index (κ3) is 2.84. The van der Waals surface area contributed by atoms with E-state index in [9.17, 15) is 14.0 Å². The first kappa shape index (κ1) is 12.5. The molecule has 1 aromatic carbocycles. The van der Waals surface area contributed by atoms with Crippen molar-refractivity contribution in [3.8, 4) is 0 Å². The van der Waals surface area contributed by atoms with Crippen LogP contribution >= 0.6 is 11.6 Å². The van der Waals surface area contributed by atoms with Crippen LogP contribution < -0.4 is 5.56 Å². The van der Waals surface area contributed by atoms with Gasteiger partial charge < -0.3 is 4.57 Å². The third-order valence-electron chi connectivity index (χ3n) is 2.43. The molecule has 0 amide bonds. The number of hydrogen-bond donors (Lipinski definition) is 0. The minimum Gasteiger partial charge on any atom is -0.305 e. The van der Waals surface area contributed by atoms with E-state index in [1.165, 1.54) is 0 Å². The number of carbonyl (C=O) groups is 1. The van der Waals surface area contributed by atoms with Crippen LogP contribution in [0.2, 0.25) is 5.02 Å². The maximum Gasteiger partial charge on any atom is 0.251 e. The summed E-state index contributed by atoms with van der Waals surface area (Å²) in [6, 6.07) is 8.45. The predicted molar refractivity (Wildman–Crippen MR) is 66.4 cm³/mol. The lowest BCUT2D eigenvalue weighted by Crippen LogP contribution is -2.23. The molecule has 3 nitrogen and oxygen atoms in total. The van der Waals surface area contributed by atoms with Gasteiger partial charge in [0.2, 0.25) is 0 Å². The van der Waals surface area contributed by atoms with Crippen LogP contribution in [0.4, 0.5) is 4.39 Å². The Morgan fingerprint density at radius 2 is 1.83 bits per heavy atom. The number of ketones is 1. The molecule has 0 spiro atoms. The maximum absolute atomic E-state index is 13.0. The Hall–Kier alpha value is -1.94. The second kappa shape index (κ2) is 5.14. The number of nitrogens with zero attached hydrogens (tertiary/aromatic N) is 1. The molecule has 5 heteroatoms. The SMILES string of the molecule is O=C(Cn1cc(F)ccc1=O)c1ccc(Cl)cc1. The molecule has 0 atom stereocenters. The molecule has 0 saturated carbocycles. The van der Waals surface area contributed by atoms with E-state index >= 15 is 0 Å². The highest BCUT2D eigenvalue weighted by molar-refractivity contribution is 6.30. The molecule has 0 saturated heterocycles. The molecule has 0 bridgehead atoms. The Balaban J connectivity index is 2.24. The summed E-state index contributed by atoms with van der Waals surface area (Å²) in [7, 11) is 0. The summed E-state index contributed by atoms with van der Waals surface area (Å²) in [5, 5.41) is 0.523. The van der Waals surface area contributed by atoms with Crippen LogP contribution in [0.1, 0.15) is 10.4 Å². The average Bonchev–Trinajstić information content (AvgIpc) is 2.34. The first-order chi connectivity index (χ1) is 8.56. The minimum absolute atomic E-state index is 0.196. The Kier molecular flexibility index (Phi) is 3.58. The summed E-state index contributed by atoms with van der Waals surface area (Å²) in [6.07, 6.45) is 1.01. The van der Waals surface area contributed by atoms with Crippen molar-refractivity contribution in [1.29, 1.82) is 0 Å². The Bertz CT molecular complexity index is 634. The molecule has 0 N–H and O–H groups in total. The number of hydrogen-bond acceptors (Lipinski definition) is 2. The zero-order valence-corrected chi connectivity index (χ0v) is 10.0. The quantitative estimate of drug-likeness (QED) is 0.800. The van der Waals surface area contributed by atoms with Crippen LogP contribution in [-0.2, 0) is 6.54 Å². The summed E-state index contributed by atoms with van der Waals surface area (Å²) in [5.41, 5.74) is 0.00859. The van der Waals surface area contributed by atoms with Gasteiger partial charge in [-0.05, 0) is 30.3 Å². The van der Waals surface area contributed by atoms with E-state index in [-0.39, 0.29) is 12.3 Å². The summed E-state index contributed by atoms with van der Waals surface area (Å²) >= 11 is 5.71. The van der Waals surface area contributed by atoms with Crippen molar-refractivity contribution in [2.75, 3.05) is 0 Å². The molecule has 2 rings (SSSR count). The fourth-order valence-corrected chi connectivity index (χ4v) is 1.63. The van der Waals surface area contributed by atoms with E-state index < -0.39 is 11.4 Å². The van der Waals surface area contributed by atoms with Crippen LogP contribution in [-0.4, -0.2) is 10.4 Å². The van der Waals surface area contributed by atoms with Gasteiger partial charge >= 0.3 is 0 Å². The summed E-state index contributed by atoms with van der Waals surface area (Å²) in [5.74, 6) is -0.835. The van der Waals surface area contributed by atoms with Gasteiger partial charge in [-0.2, -0.15) is 0 Å². The van der Waals surface area contributed by atoms with Gasteiger partial charge in [-0.15, -0.1) is 0 Å². The largest absolute Gasteiger partial charge is 0.305 e. The fourth-order valence-electron chi connectivity index (χ4n) is 1.51. The molecule has 0 aliphatic rings. The third-order valence-corrected chi connectivity index (χ3v) is 2.68. The zero-order chi connectivity index (χ0) is 13.1. The summed E-state index contributed by atoms with van der Waals surface area (Å²) < 4.78 is 14.0. The van der Waals surface area contributed by atoms with E-state index in [1.54, 1.807) is 24.3 Å². The van der Waals surface area contributed by atoms with Crippen molar-refractivity contribution >= 4 is 17.4 Å². The van der Waals surface area contributed by atoms with Crippen LogP contribution in [0.3, 0.4) is 0 Å². The van der Waals surface area contributed by atoms with Crippen LogP contribution in [0.25, 0.3) is 0 Å². The Morgan fingerprint density at radius 3 is 2.50 bits per heavy atom. The van der Waals surface area contributed by atoms with Crippen molar-refractivity contribution in [3.63, 3.8) is 0 Å². The zero-order valence-electron chi connectivity index (χ0n) is 9.27. The number of carbonyl (C=O) groups excluding carboxylic acids is 1. The Morgan fingerprint density at radius 1 is 1.17 bits per heavy atom. The molecular weight excluding hydrogens is 257 g/mol. The minimum atomic E-state index is -0.557. The van der Waals surface area contributed by atoms with Gasteiger partial charge in [0.05, 0.1) is 6.54 Å². The normalized spacial score (nSPS) is 10.3. The average molecular weight is 266 g/mol. The van der Waals surface area contributed by atoms with E-state index in [0.29, 0.717) is 10.6 Å². The second-order valence-electron chi connectivity index (χ2n) is 3.74. The van der Waals surface area contributed by atoms with Gasteiger partial charge in [0.15, 0.2) is 5.78 Å². The number of halogens is 2. The molecule has 0 radical (unpaired) electrons. The van der Waals surface area contributed by atoms with E-state index in [2.05, 4.69) is 0 Å². The second-order valence-corrected chi connectivity index (χ2v) is 4.18. The fraction of sp³-hybridized carbons (Fsp3) is 0.0769. The molecule has 0 aliphatic carbocycles. The lowest BCUT2D eigenvalue weighted by molar-refractivity contribution is 0.0970. The summed E-state index contributed by atoms with van der Waals surface area (Å²) in [4.78, 5) is 23.3. The van der Waals surface area contributed by atoms with Crippen LogP contribution in [0.5, 0.6) is 0 Å². The smallest absolute Gasteiger partial charge is 0.251 e. The number of pyridine rings is 1. The lowest BCUT2D eigenvalue weighted by atomic mass is 10.1. The number of rotatable bonds is 3. The van der Waals surface area contributed by atoms with Crippen molar-refractivity contribution in [2.24, 2.45) is 0 Å². The highest BCUT2D eigenvalue weighted by Gasteiger charge is 2.08. The van der Waals surface area contributed by atoms with Crippen molar-refractivity contribution < 1.29 is 9.18 Å². The molecule has 92 valence electrons. The van der Waals surface area contributed by atoms with Crippen molar-refractivity contribution in [2.45, 2.75) is 6.54 Å². The molecular formula is C13H9ClFNO2. The molecule has 2 aromatic rings. The van der Waals surface area contributed by atoms with Crippen LogP contribution in [0.15, 0.2) is 47.4 Å². The van der Waals surface area contributed by atoms with Gasteiger partial charge in [-0.3, -0.25) is 9.59 Å². The van der Waals surface area contributed by atoms with Crippen molar-refractivity contribution in [3.05, 3.63) is 69.4 Å². The van der Waals surface area contributed by atoms with Gasteiger partial charge in [0.1, 0.15) is 5.82 Å². The van der Waals surface area contributed by atoms with Crippen LogP contribution in [0, 0.1) is 5.82 Å². The van der Waals surface area contributed by atoms with Gasteiger partial charge in [-0.1, -0.05) is 11.6 Å². The highest BCUT2D eigenvalue weighted by Crippen LogP contribution is 2.10. The Labute approximate surface area is 107 Å². The van der Waals surface area contributed by atoms with Gasteiger partial charge in [-0.25, -0.2) is 4.39 Å². The molecule has 0 aliphatic heterocycles. The standard InChI is InChI=1S/C13H9ClFNO2/c14-10-3-1-9(2-4-10)12(17)8-16-7-11(15)5-6-13(16)18/h1-7H,8H2. The first-order valence-corrected chi connectivity index (χ1v) is 5.59. The molecule has 18 heavy (non-hydrogen) atoms. The highest BCUT2D eigenvalue weighted by atomic mass is 35.5. The van der Waals surface area contributed by atoms with Gasteiger partial charge in [0.25, 0.3) is 5.56 Å². The predicted octanol–water partition coefficient (Wildman–Crippen LogP) is 2.52. The van der Waals surface area contributed by atoms with E-state index in [1.807, 2.05) is 0 Å². The first-order valence-electron chi connectivity index (χ1n) is 5.21. The van der Waals surface area contributed by atoms with Gasteiger partial charge in [0, 0.05) is 22.8 Å². The molecule has 0 fully saturated rings.